The molecule has 9 heteroatoms. The van der Waals surface area contributed by atoms with E-state index in [4.69, 9.17) is 4.42 Å². The van der Waals surface area contributed by atoms with Crippen LogP contribution in [0.5, 0.6) is 0 Å². The van der Waals surface area contributed by atoms with Crippen LogP contribution in [0, 0.1) is 0 Å². The molecule has 1 aliphatic heterocycles. The summed E-state index contributed by atoms with van der Waals surface area (Å²) in [5.41, 5.74) is 2.44. The third kappa shape index (κ3) is 4.62. The van der Waals surface area contributed by atoms with Crippen LogP contribution in [0.4, 0.5) is 5.69 Å². The summed E-state index contributed by atoms with van der Waals surface area (Å²) in [7, 11) is -3.59. The number of carbonyl (C=O) groups excluding carboxylic acids is 2. The van der Waals surface area contributed by atoms with Gasteiger partial charge in [0.15, 0.2) is 5.76 Å². The van der Waals surface area contributed by atoms with Crippen molar-refractivity contribution < 1.29 is 22.4 Å². The topological polar surface area (TPSA) is 99.9 Å². The van der Waals surface area contributed by atoms with Crippen LogP contribution in [0.1, 0.15) is 35.5 Å². The van der Waals surface area contributed by atoms with E-state index in [9.17, 15) is 18.0 Å². The second-order valence-electron chi connectivity index (χ2n) is 8.00. The van der Waals surface area contributed by atoms with E-state index in [-0.39, 0.29) is 29.0 Å². The molecule has 0 saturated heterocycles. The van der Waals surface area contributed by atoms with Gasteiger partial charge in [-0.05, 0) is 47.5 Å². The van der Waals surface area contributed by atoms with Crippen molar-refractivity contribution >= 4 is 27.5 Å². The summed E-state index contributed by atoms with van der Waals surface area (Å²) in [5, 5.41) is 2.84. The molecule has 0 unspecified atom stereocenters. The fraction of sp³-hybridized carbons (Fsp3) is 0.280. The maximum Gasteiger partial charge on any atom is 0.290 e. The predicted octanol–water partition coefficient (Wildman–Crippen LogP) is 3.52. The average Bonchev–Trinajstić information content (AvgIpc) is 3.39. The van der Waals surface area contributed by atoms with Gasteiger partial charge in [-0.25, -0.2) is 8.42 Å². The largest absolute Gasteiger partial charge is 0.459 e. The number of nitrogens with zero attached hydrogens (tertiary/aromatic N) is 2. The van der Waals surface area contributed by atoms with Crippen molar-refractivity contribution in [3.8, 4) is 0 Å². The molecule has 0 saturated carbocycles. The van der Waals surface area contributed by atoms with E-state index in [2.05, 4.69) is 5.32 Å². The van der Waals surface area contributed by atoms with E-state index >= 15 is 0 Å². The zero-order chi connectivity index (χ0) is 24.3. The van der Waals surface area contributed by atoms with Gasteiger partial charge in [0.05, 0.1) is 11.2 Å². The van der Waals surface area contributed by atoms with Crippen molar-refractivity contribution in [3.05, 3.63) is 83.8 Å². The molecule has 1 N–H and O–H groups in total. The molecule has 34 heavy (non-hydrogen) atoms. The van der Waals surface area contributed by atoms with Crippen molar-refractivity contribution in [2.75, 3.05) is 18.4 Å². The van der Waals surface area contributed by atoms with Crippen molar-refractivity contribution in [2.24, 2.45) is 0 Å². The second-order valence-corrected chi connectivity index (χ2v) is 9.94. The Bertz CT molecular complexity index is 1270. The molecule has 4 rings (SSSR count). The first-order valence-corrected chi connectivity index (χ1v) is 12.6. The number of rotatable bonds is 7. The number of sulfonamides is 1. The maximum atomic E-state index is 13.3. The Morgan fingerprint density at radius 1 is 1.00 bits per heavy atom. The highest BCUT2D eigenvalue weighted by molar-refractivity contribution is 7.89. The Hall–Kier alpha value is -3.43. The highest BCUT2D eigenvalue weighted by Gasteiger charge is 2.36. The minimum absolute atomic E-state index is 0.162. The normalized spacial score (nSPS) is 15.7. The second kappa shape index (κ2) is 9.82. The molecule has 0 spiro atoms. The van der Waals surface area contributed by atoms with Crippen molar-refractivity contribution in [1.82, 2.24) is 9.21 Å². The van der Waals surface area contributed by atoms with E-state index in [0.29, 0.717) is 25.2 Å². The highest BCUT2D eigenvalue weighted by atomic mass is 32.2. The summed E-state index contributed by atoms with van der Waals surface area (Å²) >= 11 is 0. The third-order valence-corrected chi connectivity index (χ3v) is 8.07. The quantitative estimate of drug-likeness (QED) is 0.557. The Morgan fingerprint density at radius 2 is 1.68 bits per heavy atom. The predicted molar refractivity (Wildman–Crippen MR) is 128 cm³/mol. The summed E-state index contributed by atoms with van der Waals surface area (Å²) in [5.74, 6) is -0.544. The number of hydrogen-bond acceptors (Lipinski definition) is 5. The molecule has 0 radical (unpaired) electrons. The Labute approximate surface area is 199 Å². The van der Waals surface area contributed by atoms with E-state index < -0.39 is 16.1 Å². The van der Waals surface area contributed by atoms with Gasteiger partial charge in [0.25, 0.3) is 5.91 Å². The lowest BCUT2D eigenvalue weighted by atomic mass is 9.93. The number of benzene rings is 2. The van der Waals surface area contributed by atoms with Crippen LogP contribution in [0.15, 0.2) is 76.2 Å². The highest BCUT2D eigenvalue weighted by Crippen LogP contribution is 2.26. The molecule has 2 aromatic carbocycles. The van der Waals surface area contributed by atoms with Gasteiger partial charge >= 0.3 is 0 Å². The Balaban J connectivity index is 1.56. The Morgan fingerprint density at radius 3 is 2.29 bits per heavy atom. The van der Waals surface area contributed by atoms with Crippen LogP contribution in [0.2, 0.25) is 0 Å². The number of amides is 2. The van der Waals surface area contributed by atoms with Crippen LogP contribution in [0.25, 0.3) is 0 Å². The molecule has 1 aliphatic rings. The zero-order valence-electron chi connectivity index (χ0n) is 19.1. The van der Waals surface area contributed by atoms with E-state index in [1.807, 2.05) is 24.3 Å². The summed E-state index contributed by atoms with van der Waals surface area (Å²) in [6.45, 7) is 4.61. The maximum absolute atomic E-state index is 13.3. The van der Waals surface area contributed by atoms with E-state index in [1.54, 1.807) is 38.1 Å². The van der Waals surface area contributed by atoms with Crippen molar-refractivity contribution in [3.63, 3.8) is 0 Å². The lowest BCUT2D eigenvalue weighted by Gasteiger charge is -2.35. The molecule has 2 amide bonds. The van der Waals surface area contributed by atoms with Crippen LogP contribution in [-0.2, 0) is 27.8 Å². The number of hydrogen-bond donors (Lipinski definition) is 1. The van der Waals surface area contributed by atoms with Gasteiger partial charge in [0, 0.05) is 31.7 Å². The first-order chi connectivity index (χ1) is 16.3. The van der Waals surface area contributed by atoms with Crippen LogP contribution in [0.3, 0.4) is 0 Å². The van der Waals surface area contributed by atoms with Gasteiger partial charge < -0.3 is 14.6 Å². The fourth-order valence-corrected chi connectivity index (χ4v) is 5.62. The molecule has 178 valence electrons. The third-order valence-electron chi connectivity index (χ3n) is 6.01. The molecule has 0 aliphatic carbocycles. The molecule has 8 nitrogen and oxygen atoms in total. The minimum atomic E-state index is -3.59. The number of anilines is 1. The summed E-state index contributed by atoms with van der Waals surface area (Å²) < 4.78 is 32.1. The Kier molecular flexibility index (Phi) is 6.85. The van der Waals surface area contributed by atoms with Gasteiger partial charge in [-0.1, -0.05) is 38.1 Å². The average molecular weight is 482 g/mol. The molecule has 1 aromatic heterocycles. The van der Waals surface area contributed by atoms with Crippen LogP contribution in [-0.4, -0.2) is 48.6 Å². The van der Waals surface area contributed by atoms with Crippen LogP contribution >= 0.6 is 0 Å². The van der Waals surface area contributed by atoms with Crippen molar-refractivity contribution in [2.45, 2.75) is 37.8 Å². The fourth-order valence-electron chi connectivity index (χ4n) is 4.16. The lowest BCUT2D eigenvalue weighted by molar-refractivity contribution is -0.121. The minimum Gasteiger partial charge on any atom is -0.459 e. The zero-order valence-corrected chi connectivity index (χ0v) is 19.9. The molecule has 3 aromatic rings. The molecule has 1 atom stereocenters. The summed E-state index contributed by atoms with van der Waals surface area (Å²) in [4.78, 5) is 28.0. The summed E-state index contributed by atoms with van der Waals surface area (Å²) in [6, 6.07) is 16.3. The first kappa shape index (κ1) is 23.7. The van der Waals surface area contributed by atoms with Crippen LogP contribution < -0.4 is 5.32 Å². The van der Waals surface area contributed by atoms with Gasteiger partial charge in [-0.3, -0.25) is 9.59 Å². The number of fused-ring (bicyclic) bond motifs is 1. The number of furan rings is 1. The smallest absolute Gasteiger partial charge is 0.290 e. The van der Waals surface area contributed by atoms with Gasteiger partial charge in [0.2, 0.25) is 15.9 Å². The SMILES string of the molecule is CCN(CC)S(=O)(=O)c1ccc(NC(=O)[C@@H]2Cc3ccccc3CN2C(=O)c2ccco2)cc1. The molecule has 2 heterocycles. The molecule has 0 fully saturated rings. The molecular weight excluding hydrogens is 454 g/mol. The van der Waals surface area contributed by atoms with E-state index in [0.717, 1.165) is 11.1 Å². The number of carbonyl (C=O) groups is 2. The number of nitrogens with one attached hydrogen (secondary N) is 1. The van der Waals surface area contributed by atoms with E-state index in [1.165, 1.54) is 27.6 Å². The van der Waals surface area contributed by atoms with Gasteiger partial charge in [0.1, 0.15) is 6.04 Å². The summed E-state index contributed by atoms with van der Waals surface area (Å²) in [6.07, 6.45) is 1.79. The standard InChI is InChI=1S/C25H27N3O5S/c1-3-27(4-2)34(31,32)21-13-11-20(12-14-21)26-24(29)22-16-18-8-5-6-9-19(18)17-28(22)25(30)23-10-7-15-33-23/h5-15,22H,3-4,16-17H2,1-2H3,(H,26,29)/t22-/m0/s1. The van der Waals surface area contributed by atoms with Crippen molar-refractivity contribution in [1.29, 1.82) is 0 Å². The van der Waals surface area contributed by atoms with Gasteiger partial charge in [-0.15, -0.1) is 0 Å². The lowest BCUT2D eigenvalue weighted by Crippen LogP contribution is -2.50. The first-order valence-electron chi connectivity index (χ1n) is 11.2. The molecular formula is C25H27N3O5S. The molecule has 0 bridgehead atoms. The van der Waals surface area contributed by atoms with Gasteiger partial charge in [-0.2, -0.15) is 4.31 Å². The monoisotopic (exact) mass is 481 g/mol.